The van der Waals surface area contributed by atoms with Crippen LogP contribution in [0.25, 0.3) is 22.2 Å². The molecule has 2 unspecified atom stereocenters. The highest BCUT2D eigenvalue weighted by Gasteiger charge is 2.38. The molecule has 1 amide bonds. The lowest BCUT2D eigenvalue weighted by atomic mass is 9.99. The molecule has 2 aliphatic heterocycles. The number of alkyl halides is 3. The number of aryl methyl sites for hydroxylation is 1. The number of amides is 1. The van der Waals surface area contributed by atoms with Crippen LogP contribution < -0.4 is 15.4 Å². The zero-order chi connectivity index (χ0) is 29.6. The highest BCUT2D eigenvalue weighted by molar-refractivity contribution is 6.34. The van der Waals surface area contributed by atoms with Gasteiger partial charge in [0.1, 0.15) is 18.2 Å². The molecule has 0 radical (unpaired) electrons. The number of carbonyl (C=O) groups is 1. The molecule has 10 nitrogen and oxygen atoms in total. The number of likely N-dealkylation sites (N-methyl/N-ethyl adjacent to an activating group) is 1. The predicted octanol–water partition coefficient (Wildman–Crippen LogP) is 4.92. The summed E-state index contributed by atoms with van der Waals surface area (Å²) in [6, 6.07) is 4.15. The number of hydrogen-bond donors (Lipinski definition) is 2. The van der Waals surface area contributed by atoms with Gasteiger partial charge in [-0.3, -0.25) is 0 Å². The van der Waals surface area contributed by atoms with Gasteiger partial charge >= 0.3 is 18.3 Å². The van der Waals surface area contributed by atoms with E-state index in [2.05, 4.69) is 14.9 Å². The summed E-state index contributed by atoms with van der Waals surface area (Å²) in [5.74, 6) is 0.392. The molecular weight excluding hydrogens is 563 g/mol. The van der Waals surface area contributed by atoms with Gasteiger partial charge in [-0.25, -0.2) is 9.78 Å². The van der Waals surface area contributed by atoms with Crippen molar-refractivity contribution in [1.29, 1.82) is 0 Å². The summed E-state index contributed by atoms with van der Waals surface area (Å²) in [4.78, 5) is 30.3. The first kappa shape index (κ1) is 28.9. The van der Waals surface area contributed by atoms with E-state index >= 15 is 0 Å². The fourth-order valence-electron chi connectivity index (χ4n) is 5.63. The molecule has 2 aliphatic rings. The number of nitrogen functional groups attached to an aromatic ring is 1. The van der Waals surface area contributed by atoms with Gasteiger partial charge in [0.25, 0.3) is 0 Å². The van der Waals surface area contributed by atoms with E-state index in [0.29, 0.717) is 29.9 Å². The monoisotopic (exact) mass is 593 g/mol. The summed E-state index contributed by atoms with van der Waals surface area (Å²) < 4.78 is 48.4. The van der Waals surface area contributed by atoms with Crippen LogP contribution >= 0.6 is 11.6 Å². The second-order valence-electron chi connectivity index (χ2n) is 10.6. The van der Waals surface area contributed by atoms with Gasteiger partial charge < -0.3 is 30.3 Å². The molecular formula is C27H31ClF3N7O3. The summed E-state index contributed by atoms with van der Waals surface area (Å²) >= 11 is 6.63. The van der Waals surface area contributed by atoms with Crippen LogP contribution in [0.4, 0.5) is 29.6 Å². The minimum Gasteiger partial charge on any atom is -0.465 e. The zero-order valence-electron chi connectivity index (χ0n) is 22.9. The van der Waals surface area contributed by atoms with Crippen LogP contribution in [0, 0.1) is 6.92 Å². The molecule has 5 rings (SSSR count). The number of likely N-dealkylation sites (tertiary alicyclic amines) is 1. The lowest BCUT2D eigenvalue weighted by Crippen LogP contribution is -2.53. The highest BCUT2D eigenvalue weighted by Crippen LogP contribution is 2.43. The van der Waals surface area contributed by atoms with E-state index in [0.717, 1.165) is 19.4 Å². The van der Waals surface area contributed by atoms with Crippen molar-refractivity contribution in [1.82, 2.24) is 24.8 Å². The Morgan fingerprint density at radius 1 is 1.20 bits per heavy atom. The minimum absolute atomic E-state index is 0.0171. The molecule has 220 valence electrons. The Kier molecular flexibility index (Phi) is 7.77. The Labute approximate surface area is 239 Å². The number of nitrogens with two attached hydrogens (primary N) is 1. The quantitative estimate of drug-likeness (QED) is 0.425. The number of ether oxygens (including phenoxy) is 1. The van der Waals surface area contributed by atoms with Crippen molar-refractivity contribution in [2.24, 2.45) is 0 Å². The molecule has 14 heteroatoms. The lowest BCUT2D eigenvalue weighted by molar-refractivity contribution is -0.137. The van der Waals surface area contributed by atoms with Crippen molar-refractivity contribution in [2.75, 3.05) is 50.5 Å². The van der Waals surface area contributed by atoms with E-state index in [1.165, 1.54) is 30.0 Å². The highest BCUT2D eigenvalue weighted by atomic mass is 35.5. The molecule has 0 spiro atoms. The number of nitrogens with zero attached hydrogens (tertiary/aromatic N) is 6. The molecule has 0 bridgehead atoms. The number of halogens is 4. The van der Waals surface area contributed by atoms with Crippen LogP contribution in [-0.4, -0.2) is 87.9 Å². The van der Waals surface area contributed by atoms with E-state index in [4.69, 9.17) is 27.1 Å². The van der Waals surface area contributed by atoms with Gasteiger partial charge in [-0.15, -0.1) is 0 Å². The number of aromatic nitrogens is 3. The fourth-order valence-corrected chi connectivity index (χ4v) is 5.89. The molecule has 2 fully saturated rings. The van der Waals surface area contributed by atoms with Gasteiger partial charge in [-0.05, 0) is 64.0 Å². The van der Waals surface area contributed by atoms with Gasteiger partial charge in [0.05, 0.1) is 21.8 Å². The van der Waals surface area contributed by atoms with Crippen molar-refractivity contribution < 1.29 is 27.8 Å². The number of piperazine rings is 1. The van der Waals surface area contributed by atoms with E-state index in [1.807, 2.05) is 18.9 Å². The van der Waals surface area contributed by atoms with Crippen molar-refractivity contribution in [2.45, 2.75) is 44.9 Å². The first-order valence-corrected chi connectivity index (χ1v) is 13.6. The SMILES string of the molecule is Cc1cc(N)nc(-c2cc3nc(OCC4CCCN4C)nc(N4CCN(C(=O)O)CC4C)c3cc2Cl)c1C(F)(F)F. The molecule has 1 aromatic carbocycles. The molecule has 4 heterocycles. The maximum absolute atomic E-state index is 14.1. The first-order chi connectivity index (χ1) is 19.3. The number of pyridine rings is 1. The lowest BCUT2D eigenvalue weighted by Gasteiger charge is -2.39. The van der Waals surface area contributed by atoms with E-state index in [9.17, 15) is 23.1 Å². The van der Waals surface area contributed by atoms with Crippen molar-refractivity contribution >= 4 is 40.2 Å². The number of rotatable bonds is 5. The van der Waals surface area contributed by atoms with Gasteiger partial charge in [0.2, 0.25) is 0 Å². The Hall–Kier alpha value is -3.58. The van der Waals surface area contributed by atoms with Crippen LogP contribution in [0.2, 0.25) is 5.02 Å². The Balaban J connectivity index is 1.64. The maximum Gasteiger partial charge on any atom is 0.418 e. The van der Waals surface area contributed by atoms with E-state index < -0.39 is 17.8 Å². The third-order valence-electron chi connectivity index (χ3n) is 7.77. The number of hydrogen-bond acceptors (Lipinski definition) is 8. The molecule has 0 aliphatic carbocycles. The smallest absolute Gasteiger partial charge is 0.418 e. The second-order valence-corrected chi connectivity index (χ2v) is 11.0. The van der Waals surface area contributed by atoms with Gasteiger partial charge in [0, 0.05) is 42.7 Å². The average Bonchev–Trinajstić information content (AvgIpc) is 3.30. The number of benzene rings is 1. The molecule has 3 aromatic rings. The molecule has 2 atom stereocenters. The summed E-state index contributed by atoms with van der Waals surface area (Å²) in [5, 5.41) is 9.97. The predicted molar refractivity (Wildman–Crippen MR) is 149 cm³/mol. The Bertz CT molecular complexity index is 1490. The second kappa shape index (κ2) is 11.0. The van der Waals surface area contributed by atoms with E-state index in [1.54, 1.807) is 0 Å². The van der Waals surface area contributed by atoms with Crippen LogP contribution in [0.3, 0.4) is 0 Å². The Morgan fingerprint density at radius 2 is 1.95 bits per heavy atom. The summed E-state index contributed by atoms with van der Waals surface area (Å²) in [6.07, 6.45) is -3.69. The number of carboxylic acid groups (broad SMARTS) is 1. The molecule has 3 N–H and O–H groups in total. The first-order valence-electron chi connectivity index (χ1n) is 13.3. The normalized spacial score (nSPS) is 20.2. The molecule has 41 heavy (non-hydrogen) atoms. The molecule has 2 saturated heterocycles. The van der Waals surface area contributed by atoms with Gasteiger partial charge in [-0.2, -0.15) is 23.1 Å². The van der Waals surface area contributed by atoms with Crippen LogP contribution in [0.15, 0.2) is 18.2 Å². The summed E-state index contributed by atoms with van der Waals surface area (Å²) in [7, 11) is 2.02. The van der Waals surface area contributed by atoms with Crippen LogP contribution in [0.1, 0.15) is 30.9 Å². The summed E-state index contributed by atoms with van der Waals surface area (Å²) in [5.41, 5.74) is 4.80. The van der Waals surface area contributed by atoms with Crippen LogP contribution in [-0.2, 0) is 6.18 Å². The van der Waals surface area contributed by atoms with E-state index in [-0.39, 0.29) is 58.8 Å². The van der Waals surface area contributed by atoms with Crippen molar-refractivity contribution in [3.05, 3.63) is 34.3 Å². The van der Waals surface area contributed by atoms with Gasteiger partial charge in [0.15, 0.2) is 0 Å². The average molecular weight is 594 g/mol. The Morgan fingerprint density at radius 3 is 2.59 bits per heavy atom. The third kappa shape index (κ3) is 5.78. The topological polar surface area (TPSA) is 121 Å². The van der Waals surface area contributed by atoms with Crippen molar-refractivity contribution in [3.8, 4) is 17.3 Å². The summed E-state index contributed by atoms with van der Waals surface area (Å²) in [6.45, 7) is 5.35. The number of anilines is 2. The minimum atomic E-state index is -4.70. The maximum atomic E-state index is 14.1. The van der Waals surface area contributed by atoms with Gasteiger partial charge in [-0.1, -0.05) is 11.6 Å². The zero-order valence-corrected chi connectivity index (χ0v) is 23.6. The third-order valence-corrected chi connectivity index (χ3v) is 8.08. The largest absolute Gasteiger partial charge is 0.465 e. The van der Waals surface area contributed by atoms with Crippen LogP contribution in [0.5, 0.6) is 6.01 Å². The molecule has 2 aromatic heterocycles. The fraction of sp³-hybridized carbons (Fsp3) is 0.481. The standard InChI is InChI=1S/C27H31ClF3N7O3/c1-14-9-21(32)34-23(22(14)27(29,30)31)17-11-20-18(10-19(17)28)24(38-8-7-37(26(39)40)12-15(38)2)35-25(33-20)41-13-16-5-4-6-36(16)3/h9-11,15-16H,4-8,12-13H2,1-3H3,(H2,32,34)(H,39,40). The van der Waals surface area contributed by atoms with Crippen molar-refractivity contribution in [3.63, 3.8) is 0 Å². The number of fused-ring (bicyclic) bond motifs is 1. The molecule has 0 saturated carbocycles.